The summed E-state index contributed by atoms with van der Waals surface area (Å²) >= 11 is 1.63. The summed E-state index contributed by atoms with van der Waals surface area (Å²) in [7, 11) is 0. The zero-order chi connectivity index (χ0) is 9.14. The van der Waals surface area contributed by atoms with E-state index in [0.29, 0.717) is 12.3 Å². The summed E-state index contributed by atoms with van der Waals surface area (Å²) in [6.07, 6.45) is 0.499. The van der Waals surface area contributed by atoms with Gasteiger partial charge in [0.2, 0.25) is 0 Å². The highest BCUT2D eigenvalue weighted by Crippen LogP contribution is 2.24. The van der Waals surface area contributed by atoms with E-state index in [1.165, 1.54) is 0 Å². The number of hydrogen-bond acceptors (Lipinski definition) is 3. The van der Waals surface area contributed by atoms with Gasteiger partial charge in [-0.3, -0.25) is 0 Å². The molecule has 12 heavy (non-hydrogen) atoms. The highest BCUT2D eigenvalue weighted by Gasteiger charge is 2.11. The van der Waals surface area contributed by atoms with Crippen LogP contribution >= 0.6 is 11.3 Å². The molecule has 0 amide bonds. The Bertz CT molecular complexity index is 307. The quantitative estimate of drug-likeness (QED) is 0.701. The molecule has 1 aromatic heterocycles. The predicted octanol–water partition coefficient (Wildman–Crippen LogP) is 2.64. The van der Waals surface area contributed by atoms with Crippen LogP contribution in [0.1, 0.15) is 35.3 Å². The van der Waals surface area contributed by atoms with Crippen molar-refractivity contribution in [2.24, 2.45) is 0 Å². The molecule has 0 aliphatic rings. The van der Waals surface area contributed by atoms with Crippen LogP contribution in [-0.4, -0.2) is 4.98 Å². The molecule has 0 unspecified atom stereocenters. The van der Waals surface area contributed by atoms with Gasteiger partial charge in [-0.15, -0.1) is 11.3 Å². The number of hydrogen-bond donors (Lipinski definition) is 0. The van der Waals surface area contributed by atoms with Crippen molar-refractivity contribution in [1.29, 1.82) is 5.26 Å². The van der Waals surface area contributed by atoms with Gasteiger partial charge in [0.05, 0.1) is 23.2 Å². The first-order chi connectivity index (χ1) is 5.65. The number of aryl methyl sites for hydroxylation is 1. The summed E-state index contributed by atoms with van der Waals surface area (Å²) in [6.45, 7) is 6.20. The minimum atomic E-state index is 0.429. The normalized spacial score (nSPS) is 10.2. The number of thiazole rings is 1. The fourth-order valence-corrected chi connectivity index (χ4v) is 2.16. The Kier molecular flexibility index (Phi) is 2.83. The van der Waals surface area contributed by atoms with Gasteiger partial charge in [0.25, 0.3) is 0 Å². The summed E-state index contributed by atoms with van der Waals surface area (Å²) in [6, 6.07) is 2.16. The Morgan fingerprint density at radius 2 is 2.25 bits per heavy atom. The van der Waals surface area contributed by atoms with E-state index < -0.39 is 0 Å². The molecule has 0 saturated heterocycles. The fraction of sp³-hybridized carbons (Fsp3) is 0.556. The molecular weight excluding hydrogens is 168 g/mol. The van der Waals surface area contributed by atoms with Crippen molar-refractivity contribution in [1.82, 2.24) is 4.98 Å². The third kappa shape index (κ3) is 1.83. The number of rotatable bonds is 2. The van der Waals surface area contributed by atoms with Crippen LogP contribution in [-0.2, 0) is 6.42 Å². The Morgan fingerprint density at radius 1 is 1.58 bits per heavy atom. The van der Waals surface area contributed by atoms with E-state index in [0.717, 1.165) is 15.6 Å². The second-order valence-electron chi connectivity index (χ2n) is 3.03. The maximum Gasteiger partial charge on any atom is 0.0900 e. The molecule has 0 fully saturated rings. The van der Waals surface area contributed by atoms with Crippen LogP contribution in [0.15, 0.2) is 0 Å². The van der Waals surface area contributed by atoms with Crippen LogP contribution in [0.4, 0.5) is 0 Å². The molecule has 0 spiro atoms. The third-order valence-electron chi connectivity index (χ3n) is 1.62. The van der Waals surface area contributed by atoms with Crippen molar-refractivity contribution in [2.75, 3.05) is 0 Å². The largest absolute Gasteiger partial charge is 0.246 e. The molecule has 1 aromatic rings. The van der Waals surface area contributed by atoms with Crippen LogP contribution in [0, 0.1) is 18.3 Å². The van der Waals surface area contributed by atoms with Crippen molar-refractivity contribution < 1.29 is 0 Å². The van der Waals surface area contributed by atoms with E-state index in [4.69, 9.17) is 5.26 Å². The van der Waals surface area contributed by atoms with E-state index in [-0.39, 0.29) is 0 Å². The van der Waals surface area contributed by atoms with Gasteiger partial charge in [-0.25, -0.2) is 4.98 Å². The van der Waals surface area contributed by atoms with Crippen LogP contribution in [0.25, 0.3) is 0 Å². The van der Waals surface area contributed by atoms with E-state index in [1.807, 2.05) is 6.92 Å². The Labute approximate surface area is 76.9 Å². The summed E-state index contributed by atoms with van der Waals surface area (Å²) < 4.78 is 0. The van der Waals surface area contributed by atoms with Gasteiger partial charge in [0.1, 0.15) is 0 Å². The molecule has 0 bridgehead atoms. The summed E-state index contributed by atoms with van der Waals surface area (Å²) in [5.41, 5.74) is 1.10. The lowest BCUT2D eigenvalue weighted by molar-refractivity contribution is 0.817. The van der Waals surface area contributed by atoms with Gasteiger partial charge >= 0.3 is 0 Å². The Hall–Kier alpha value is -0.880. The van der Waals surface area contributed by atoms with Gasteiger partial charge in [-0.05, 0) is 12.8 Å². The monoisotopic (exact) mass is 180 g/mol. The molecule has 0 saturated carbocycles. The fourth-order valence-electron chi connectivity index (χ4n) is 1.13. The molecule has 1 heterocycles. The number of aromatic nitrogens is 1. The first-order valence-corrected chi connectivity index (χ1v) is 4.80. The SMILES string of the molecule is Cc1nc(C(C)C)c(CC#N)s1. The van der Waals surface area contributed by atoms with Crippen LogP contribution in [0.3, 0.4) is 0 Å². The van der Waals surface area contributed by atoms with Gasteiger partial charge in [0.15, 0.2) is 0 Å². The van der Waals surface area contributed by atoms with Crippen LogP contribution in [0.5, 0.6) is 0 Å². The Balaban J connectivity index is 3.01. The smallest absolute Gasteiger partial charge is 0.0900 e. The van der Waals surface area contributed by atoms with Crippen molar-refractivity contribution in [3.05, 3.63) is 15.6 Å². The van der Waals surface area contributed by atoms with Crippen LogP contribution in [0.2, 0.25) is 0 Å². The standard InChI is InChI=1S/C9H12N2S/c1-6(2)9-8(4-5-10)12-7(3)11-9/h6H,4H2,1-3H3. The molecule has 0 aliphatic heterocycles. The van der Waals surface area contributed by atoms with Crippen molar-refractivity contribution in [3.8, 4) is 6.07 Å². The first-order valence-electron chi connectivity index (χ1n) is 3.98. The van der Waals surface area contributed by atoms with Crippen molar-refractivity contribution in [3.63, 3.8) is 0 Å². The summed E-state index contributed by atoms with van der Waals surface area (Å²) in [5.74, 6) is 0.429. The molecule has 0 radical (unpaired) electrons. The molecule has 64 valence electrons. The van der Waals surface area contributed by atoms with Crippen molar-refractivity contribution in [2.45, 2.75) is 33.1 Å². The molecule has 0 aliphatic carbocycles. The van der Waals surface area contributed by atoms with E-state index in [1.54, 1.807) is 11.3 Å². The first kappa shape index (κ1) is 9.21. The van der Waals surface area contributed by atoms with Gasteiger partial charge in [-0.1, -0.05) is 13.8 Å². The summed E-state index contributed by atoms with van der Waals surface area (Å²) in [4.78, 5) is 5.53. The summed E-state index contributed by atoms with van der Waals surface area (Å²) in [5, 5.41) is 9.62. The molecule has 0 N–H and O–H groups in total. The Morgan fingerprint density at radius 3 is 2.75 bits per heavy atom. The van der Waals surface area contributed by atoms with E-state index >= 15 is 0 Å². The highest BCUT2D eigenvalue weighted by atomic mass is 32.1. The third-order valence-corrected chi connectivity index (χ3v) is 2.61. The second-order valence-corrected chi connectivity index (χ2v) is 4.32. The average molecular weight is 180 g/mol. The maximum absolute atomic E-state index is 8.56. The molecule has 0 aromatic carbocycles. The average Bonchev–Trinajstić information content (AvgIpc) is 2.32. The van der Waals surface area contributed by atoms with Gasteiger partial charge in [-0.2, -0.15) is 5.26 Å². The minimum absolute atomic E-state index is 0.429. The van der Waals surface area contributed by atoms with E-state index in [9.17, 15) is 0 Å². The topological polar surface area (TPSA) is 36.7 Å². The second kappa shape index (κ2) is 3.68. The minimum Gasteiger partial charge on any atom is -0.246 e. The van der Waals surface area contributed by atoms with Gasteiger partial charge in [0, 0.05) is 4.88 Å². The molecule has 3 heteroatoms. The zero-order valence-electron chi connectivity index (χ0n) is 7.59. The molecule has 0 atom stereocenters. The van der Waals surface area contributed by atoms with E-state index in [2.05, 4.69) is 24.9 Å². The molecular formula is C9H12N2S. The van der Waals surface area contributed by atoms with Crippen molar-refractivity contribution >= 4 is 11.3 Å². The zero-order valence-corrected chi connectivity index (χ0v) is 8.40. The lowest BCUT2D eigenvalue weighted by atomic mass is 10.1. The number of nitrogens with zero attached hydrogens (tertiary/aromatic N) is 2. The molecule has 1 rings (SSSR count). The van der Waals surface area contributed by atoms with Gasteiger partial charge < -0.3 is 0 Å². The van der Waals surface area contributed by atoms with Crippen LogP contribution < -0.4 is 0 Å². The number of nitriles is 1. The predicted molar refractivity (Wildman–Crippen MR) is 50.3 cm³/mol. The lowest BCUT2D eigenvalue weighted by Gasteiger charge is -2.00. The highest BCUT2D eigenvalue weighted by molar-refractivity contribution is 7.11. The lowest BCUT2D eigenvalue weighted by Crippen LogP contribution is -1.92. The maximum atomic E-state index is 8.56. The molecule has 2 nitrogen and oxygen atoms in total.